The molecule has 0 fully saturated rings. The Hall–Kier alpha value is -2.13. The van der Waals surface area contributed by atoms with Crippen molar-refractivity contribution in [2.75, 3.05) is 17.9 Å². The van der Waals surface area contributed by atoms with E-state index in [0.29, 0.717) is 0 Å². The summed E-state index contributed by atoms with van der Waals surface area (Å²) in [6, 6.07) is 5.46. The van der Waals surface area contributed by atoms with Crippen LogP contribution in [0.5, 0.6) is 0 Å². The van der Waals surface area contributed by atoms with Gasteiger partial charge in [0.05, 0.1) is 6.61 Å². The SMILES string of the molecule is CC(C(=O)O)S(=O)(=O)Nc1ccc(C(=O)NCCO)cc1. The second-order valence-corrected chi connectivity index (χ2v) is 6.19. The molecule has 1 rings (SSSR count). The van der Waals surface area contributed by atoms with Gasteiger partial charge in [-0.15, -0.1) is 0 Å². The van der Waals surface area contributed by atoms with Crippen molar-refractivity contribution in [3.8, 4) is 0 Å². The Balaban J connectivity index is 2.80. The molecule has 0 spiro atoms. The summed E-state index contributed by atoms with van der Waals surface area (Å²) in [5.74, 6) is -1.86. The van der Waals surface area contributed by atoms with Gasteiger partial charge in [0, 0.05) is 17.8 Å². The first-order chi connectivity index (χ1) is 9.77. The number of hydrogen-bond donors (Lipinski definition) is 4. The Morgan fingerprint density at radius 3 is 2.29 bits per heavy atom. The molecule has 1 unspecified atom stereocenters. The van der Waals surface area contributed by atoms with Gasteiger partial charge >= 0.3 is 5.97 Å². The molecule has 4 N–H and O–H groups in total. The first-order valence-corrected chi connectivity index (χ1v) is 7.56. The summed E-state index contributed by atoms with van der Waals surface area (Å²) >= 11 is 0. The molecule has 0 saturated carbocycles. The lowest BCUT2D eigenvalue weighted by Gasteiger charge is -2.11. The molecule has 1 atom stereocenters. The number of benzene rings is 1. The predicted molar refractivity (Wildman–Crippen MR) is 75.5 cm³/mol. The molecule has 9 heteroatoms. The first-order valence-electron chi connectivity index (χ1n) is 6.01. The van der Waals surface area contributed by atoms with Crippen LogP contribution < -0.4 is 10.0 Å². The highest BCUT2D eigenvalue weighted by molar-refractivity contribution is 7.94. The van der Waals surface area contributed by atoms with E-state index in [-0.39, 0.29) is 24.4 Å². The minimum atomic E-state index is -4.04. The molecule has 0 radical (unpaired) electrons. The molecular formula is C12H16N2O6S. The molecule has 1 amide bonds. The molecule has 116 valence electrons. The number of carboxylic acid groups (broad SMARTS) is 1. The van der Waals surface area contributed by atoms with Crippen LogP contribution in [-0.4, -0.2) is 48.9 Å². The van der Waals surface area contributed by atoms with Crippen LogP contribution in [0.3, 0.4) is 0 Å². The van der Waals surface area contributed by atoms with E-state index in [1.54, 1.807) is 0 Å². The number of hydrogen-bond acceptors (Lipinski definition) is 5. The molecule has 0 aliphatic heterocycles. The normalized spacial score (nSPS) is 12.5. The molecule has 0 aliphatic carbocycles. The van der Waals surface area contributed by atoms with E-state index < -0.39 is 27.1 Å². The first kappa shape index (κ1) is 16.9. The zero-order valence-corrected chi connectivity index (χ0v) is 12.1. The maximum Gasteiger partial charge on any atom is 0.323 e. The number of carbonyl (C=O) groups excluding carboxylic acids is 1. The van der Waals surface area contributed by atoms with Crippen molar-refractivity contribution in [3.63, 3.8) is 0 Å². The summed E-state index contributed by atoms with van der Waals surface area (Å²) in [4.78, 5) is 22.2. The van der Waals surface area contributed by atoms with E-state index in [1.165, 1.54) is 24.3 Å². The standard InChI is InChI=1S/C12H16N2O6S/c1-8(12(17)18)21(19,20)14-10-4-2-9(3-5-10)11(16)13-6-7-15/h2-5,8,14-15H,6-7H2,1H3,(H,13,16)(H,17,18). The van der Waals surface area contributed by atoms with Crippen molar-refractivity contribution in [1.82, 2.24) is 5.32 Å². The second kappa shape index (κ2) is 7.04. The highest BCUT2D eigenvalue weighted by Crippen LogP contribution is 2.13. The van der Waals surface area contributed by atoms with Gasteiger partial charge in [-0.3, -0.25) is 14.3 Å². The van der Waals surface area contributed by atoms with E-state index in [2.05, 4.69) is 10.0 Å². The Kier molecular flexibility index (Phi) is 5.68. The molecule has 1 aromatic carbocycles. The summed E-state index contributed by atoms with van der Waals surface area (Å²) in [7, 11) is -4.04. The van der Waals surface area contributed by atoms with Crippen LogP contribution in [0.25, 0.3) is 0 Å². The van der Waals surface area contributed by atoms with Gasteiger partial charge in [-0.1, -0.05) is 0 Å². The van der Waals surface area contributed by atoms with Crippen LogP contribution in [0.15, 0.2) is 24.3 Å². The number of aliphatic carboxylic acids is 1. The molecule has 0 aliphatic rings. The monoisotopic (exact) mass is 316 g/mol. The van der Waals surface area contributed by atoms with Crippen LogP contribution in [0, 0.1) is 0 Å². The molecule has 8 nitrogen and oxygen atoms in total. The largest absolute Gasteiger partial charge is 0.480 e. The number of amides is 1. The maximum absolute atomic E-state index is 11.7. The third-order valence-corrected chi connectivity index (χ3v) is 4.27. The minimum Gasteiger partial charge on any atom is -0.480 e. The smallest absolute Gasteiger partial charge is 0.323 e. The Morgan fingerprint density at radius 2 is 1.81 bits per heavy atom. The number of carboxylic acids is 1. The fourth-order valence-corrected chi connectivity index (χ4v) is 2.25. The van der Waals surface area contributed by atoms with E-state index in [4.69, 9.17) is 10.2 Å². The highest BCUT2D eigenvalue weighted by atomic mass is 32.2. The molecule has 0 heterocycles. The van der Waals surface area contributed by atoms with Crippen molar-refractivity contribution in [2.45, 2.75) is 12.2 Å². The fraction of sp³-hybridized carbons (Fsp3) is 0.333. The van der Waals surface area contributed by atoms with Gasteiger partial charge in [0.15, 0.2) is 5.25 Å². The predicted octanol–water partition coefficient (Wildman–Crippen LogP) is -0.377. The second-order valence-electron chi connectivity index (χ2n) is 4.18. The number of anilines is 1. The molecule has 1 aromatic rings. The quantitative estimate of drug-likeness (QED) is 0.542. The van der Waals surface area contributed by atoms with E-state index in [0.717, 1.165) is 6.92 Å². The molecular weight excluding hydrogens is 300 g/mol. The van der Waals surface area contributed by atoms with Gasteiger partial charge in [0.1, 0.15) is 0 Å². The van der Waals surface area contributed by atoms with Gasteiger partial charge < -0.3 is 15.5 Å². The zero-order chi connectivity index (χ0) is 16.0. The van der Waals surface area contributed by atoms with Crippen molar-refractivity contribution >= 4 is 27.6 Å². The van der Waals surface area contributed by atoms with E-state index in [9.17, 15) is 18.0 Å². The maximum atomic E-state index is 11.7. The number of sulfonamides is 1. The minimum absolute atomic E-state index is 0.114. The molecule has 0 bridgehead atoms. The Morgan fingerprint density at radius 1 is 1.24 bits per heavy atom. The van der Waals surface area contributed by atoms with Crippen LogP contribution >= 0.6 is 0 Å². The Bertz CT molecular complexity index is 611. The number of rotatable bonds is 7. The van der Waals surface area contributed by atoms with Crippen LogP contribution in [-0.2, 0) is 14.8 Å². The molecule has 0 aromatic heterocycles. The average molecular weight is 316 g/mol. The highest BCUT2D eigenvalue weighted by Gasteiger charge is 2.27. The summed E-state index contributed by atoms with van der Waals surface area (Å²) in [5.41, 5.74) is 0.444. The third-order valence-electron chi connectivity index (χ3n) is 2.62. The Labute approximate surface area is 121 Å². The third kappa shape index (κ3) is 4.72. The van der Waals surface area contributed by atoms with Crippen LogP contribution in [0.2, 0.25) is 0 Å². The topological polar surface area (TPSA) is 133 Å². The van der Waals surface area contributed by atoms with Crippen molar-refractivity contribution in [1.29, 1.82) is 0 Å². The number of aliphatic hydroxyl groups excluding tert-OH is 1. The lowest BCUT2D eigenvalue weighted by molar-refractivity contribution is -0.136. The lowest BCUT2D eigenvalue weighted by Crippen LogP contribution is -2.32. The summed E-state index contributed by atoms with van der Waals surface area (Å²) in [6.07, 6.45) is 0. The van der Waals surface area contributed by atoms with Crippen molar-refractivity contribution in [3.05, 3.63) is 29.8 Å². The number of nitrogens with one attached hydrogen (secondary N) is 2. The fourth-order valence-electron chi connectivity index (χ4n) is 1.35. The zero-order valence-electron chi connectivity index (χ0n) is 11.2. The molecule has 21 heavy (non-hydrogen) atoms. The summed E-state index contributed by atoms with van der Waals surface area (Å²) in [5, 5.41) is 18.1. The van der Waals surface area contributed by atoms with Gasteiger partial charge in [0.25, 0.3) is 5.91 Å². The van der Waals surface area contributed by atoms with Crippen LogP contribution in [0.4, 0.5) is 5.69 Å². The summed E-state index contributed by atoms with van der Waals surface area (Å²) < 4.78 is 25.5. The van der Waals surface area contributed by atoms with Gasteiger partial charge in [-0.2, -0.15) is 0 Å². The van der Waals surface area contributed by atoms with Gasteiger partial charge in [0.2, 0.25) is 10.0 Å². The van der Waals surface area contributed by atoms with Gasteiger partial charge in [-0.05, 0) is 31.2 Å². The van der Waals surface area contributed by atoms with Crippen molar-refractivity contribution < 1.29 is 28.2 Å². The van der Waals surface area contributed by atoms with Gasteiger partial charge in [-0.25, -0.2) is 8.42 Å². The van der Waals surface area contributed by atoms with E-state index in [1.807, 2.05) is 0 Å². The number of aliphatic hydroxyl groups is 1. The average Bonchev–Trinajstić information content (AvgIpc) is 2.44. The van der Waals surface area contributed by atoms with E-state index >= 15 is 0 Å². The summed E-state index contributed by atoms with van der Waals surface area (Å²) in [6.45, 7) is 0.988. The van der Waals surface area contributed by atoms with Crippen LogP contribution in [0.1, 0.15) is 17.3 Å². The van der Waals surface area contributed by atoms with Crippen molar-refractivity contribution in [2.24, 2.45) is 0 Å². The molecule has 0 saturated heterocycles. The number of carbonyl (C=O) groups is 2. The lowest BCUT2D eigenvalue weighted by atomic mass is 10.2.